The van der Waals surface area contributed by atoms with Crippen LogP contribution < -0.4 is 5.56 Å². The van der Waals surface area contributed by atoms with Gasteiger partial charge in [-0.2, -0.15) is 5.10 Å². The van der Waals surface area contributed by atoms with Gasteiger partial charge in [0.25, 0.3) is 5.56 Å². The lowest BCUT2D eigenvalue weighted by atomic mass is 10.1. The highest BCUT2D eigenvalue weighted by molar-refractivity contribution is 5.89. The van der Waals surface area contributed by atoms with Crippen molar-refractivity contribution >= 4 is 23.1 Å². The Morgan fingerprint density at radius 1 is 1.14 bits per heavy atom. The standard InChI is InChI=1S/C16H15N3O2/c1-10-4-6-12(7-5-10)8-9-13-14-11(2)17-19(3)16(20)15(14)18-21-13/h4-9H,1-3H3. The Hall–Kier alpha value is -2.69. The SMILES string of the molecule is Cc1ccc(C=Cc2onc3c(=O)n(C)nc(C)c23)cc1. The van der Waals surface area contributed by atoms with Gasteiger partial charge in [0, 0.05) is 7.05 Å². The third-order valence-corrected chi connectivity index (χ3v) is 3.38. The Morgan fingerprint density at radius 2 is 1.86 bits per heavy atom. The summed E-state index contributed by atoms with van der Waals surface area (Å²) in [4.78, 5) is 12.0. The maximum Gasteiger partial charge on any atom is 0.296 e. The van der Waals surface area contributed by atoms with Crippen LogP contribution in [0.4, 0.5) is 0 Å². The predicted octanol–water partition coefficient (Wildman–Crippen LogP) is 2.71. The average molecular weight is 281 g/mol. The number of aryl methyl sites for hydroxylation is 3. The van der Waals surface area contributed by atoms with Gasteiger partial charge in [-0.3, -0.25) is 4.79 Å². The van der Waals surface area contributed by atoms with E-state index in [4.69, 9.17) is 4.52 Å². The normalized spacial score (nSPS) is 11.6. The molecule has 0 saturated heterocycles. The molecular weight excluding hydrogens is 266 g/mol. The molecule has 0 amide bonds. The van der Waals surface area contributed by atoms with Crippen molar-refractivity contribution in [2.75, 3.05) is 0 Å². The fourth-order valence-electron chi connectivity index (χ4n) is 2.24. The molecule has 21 heavy (non-hydrogen) atoms. The van der Waals surface area contributed by atoms with Gasteiger partial charge in [0.1, 0.15) is 0 Å². The summed E-state index contributed by atoms with van der Waals surface area (Å²) in [5, 5.41) is 8.71. The van der Waals surface area contributed by atoms with E-state index in [0.717, 1.165) is 11.3 Å². The van der Waals surface area contributed by atoms with Gasteiger partial charge in [0.2, 0.25) is 0 Å². The highest BCUT2D eigenvalue weighted by atomic mass is 16.5. The van der Waals surface area contributed by atoms with E-state index in [9.17, 15) is 4.79 Å². The van der Waals surface area contributed by atoms with Crippen LogP contribution in [0.15, 0.2) is 33.6 Å². The molecule has 1 aromatic carbocycles. The van der Waals surface area contributed by atoms with Crippen molar-refractivity contribution in [3.05, 3.63) is 57.2 Å². The summed E-state index contributed by atoms with van der Waals surface area (Å²) in [6.07, 6.45) is 3.74. The second-order valence-electron chi connectivity index (χ2n) is 5.03. The molecule has 106 valence electrons. The van der Waals surface area contributed by atoms with Crippen LogP contribution in [-0.2, 0) is 7.05 Å². The van der Waals surface area contributed by atoms with Crippen LogP contribution in [0.1, 0.15) is 22.6 Å². The second-order valence-corrected chi connectivity index (χ2v) is 5.03. The van der Waals surface area contributed by atoms with Gasteiger partial charge in [0.15, 0.2) is 11.3 Å². The highest BCUT2D eigenvalue weighted by Crippen LogP contribution is 2.20. The zero-order valence-electron chi connectivity index (χ0n) is 12.1. The Labute approximate surface area is 121 Å². The van der Waals surface area contributed by atoms with E-state index in [1.807, 2.05) is 50.3 Å². The van der Waals surface area contributed by atoms with Crippen LogP contribution in [0.5, 0.6) is 0 Å². The molecule has 0 N–H and O–H groups in total. The molecule has 0 radical (unpaired) electrons. The van der Waals surface area contributed by atoms with Crippen LogP contribution in [0, 0.1) is 13.8 Å². The number of hydrogen-bond donors (Lipinski definition) is 0. The van der Waals surface area contributed by atoms with Gasteiger partial charge < -0.3 is 4.52 Å². The number of hydrogen-bond acceptors (Lipinski definition) is 4. The molecule has 3 rings (SSSR count). The van der Waals surface area contributed by atoms with E-state index in [2.05, 4.69) is 10.3 Å². The molecule has 0 aliphatic rings. The van der Waals surface area contributed by atoms with Crippen molar-refractivity contribution in [1.82, 2.24) is 14.9 Å². The van der Waals surface area contributed by atoms with E-state index >= 15 is 0 Å². The molecule has 0 saturated carbocycles. The molecule has 5 heteroatoms. The molecule has 0 fully saturated rings. The fraction of sp³-hybridized carbons (Fsp3) is 0.188. The van der Waals surface area contributed by atoms with Crippen molar-refractivity contribution in [2.45, 2.75) is 13.8 Å². The molecule has 2 heterocycles. The molecule has 0 atom stereocenters. The summed E-state index contributed by atoms with van der Waals surface area (Å²) in [5.74, 6) is 0.549. The minimum absolute atomic E-state index is 0.255. The smallest absolute Gasteiger partial charge is 0.296 e. The Morgan fingerprint density at radius 3 is 2.57 bits per heavy atom. The molecule has 0 bridgehead atoms. The lowest BCUT2D eigenvalue weighted by molar-refractivity contribution is 0.420. The second kappa shape index (κ2) is 5.01. The number of rotatable bonds is 2. The van der Waals surface area contributed by atoms with Gasteiger partial charge in [-0.15, -0.1) is 0 Å². The van der Waals surface area contributed by atoms with Crippen molar-refractivity contribution in [3.63, 3.8) is 0 Å². The minimum atomic E-state index is -0.255. The number of aromatic nitrogens is 3. The molecule has 0 unspecified atom stereocenters. The van der Waals surface area contributed by atoms with Gasteiger partial charge >= 0.3 is 0 Å². The largest absolute Gasteiger partial charge is 0.355 e. The maximum atomic E-state index is 12.0. The van der Waals surface area contributed by atoms with Crippen molar-refractivity contribution in [3.8, 4) is 0 Å². The van der Waals surface area contributed by atoms with E-state index in [1.54, 1.807) is 7.05 Å². The van der Waals surface area contributed by atoms with Crippen LogP contribution >= 0.6 is 0 Å². The number of benzene rings is 1. The van der Waals surface area contributed by atoms with E-state index in [1.165, 1.54) is 10.2 Å². The van der Waals surface area contributed by atoms with Crippen molar-refractivity contribution < 1.29 is 4.52 Å². The van der Waals surface area contributed by atoms with Crippen LogP contribution in [-0.4, -0.2) is 14.9 Å². The topological polar surface area (TPSA) is 60.9 Å². The minimum Gasteiger partial charge on any atom is -0.355 e. The first-order chi connectivity index (χ1) is 10.1. The Balaban J connectivity index is 2.08. The summed E-state index contributed by atoms with van der Waals surface area (Å²) >= 11 is 0. The molecule has 5 nitrogen and oxygen atoms in total. The first kappa shape index (κ1) is 13.3. The summed E-state index contributed by atoms with van der Waals surface area (Å²) in [5.41, 5.74) is 3.04. The van der Waals surface area contributed by atoms with E-state index in [-0.39, 0.29) is 5.56 Å². The van der Waals surface area contributed by atoms with Crippen LogP contribution in [0.3, 0.4) is 0 Å². The predicted molar refractivity (Wildman–Crippen MR) is 81.9 cm³/mol. The van der Waals surface area contributed by atoms with E-state index < -0.39 is 0 Å². The first-order valence-corrected chi connectivity index (χ1v) is 6.64. The quantitative estimate of drug-likeness (QED) is 0.724. The van der Waals surface area contributed by atoms with Gasteiger partial charge in [-0.25, -0.2) is 4.68 Å². The maximum absolute atomic E-state index is 12.0. The highest BCUT2D eigenvalue weighted by Gasteiger charge is 2.14. The molecule has 2 aromatic heterocycles. The van der Waals surface area contributed by atoms with Crippen LogP contribution in [0.2, 0.25) is 0 Å². The van der Waals surface area contributed by atoms with Crippen molar-refractivity contribution in [2.24, 2.45) is 7.05 Å². The lowest BCUT2D eigenvalue weighted by Gasteiger charge is -1.98. The zero-order valence-corrected chi connectivity index (χ0v) is 12.1. The first-order valence-electron chi connectivity index (χ1n) is 6.64. The third-order valence-electron chi connectivity index (χ3n) is 3.38. The zero-order chi connectivity index (χ0) is 15.0. The molecule has 3 aromatic rings. The van der Waals surface area contributed by atoms with E-state index in [0.29, 0.717) is 16.7 Å². The van der Waals surface area contributed by atoms with Gasteiger partial charge in [-0.05, 0) is 25.5 Å². The summed E-state index contributed by atoms with van der Waals surface area (Å²) < 4.78 is 6.56. The Kier molecular flexibility index (Phi) is 3.17. The number of nitrogens with zero attached hydrogens (tertiary/aromatic N) is 3. The summed E-state index contributed by atoms with van der Waals surface area (Å²) in [6.45, 7) is 3.88. The van der Waals surface area contributed by atoms with Gasteiger partial charge in [-0.1, -0.05) is 41.1 Å². The van der Waals surface area contributed by atoms with Gasteiger partial charge in [0.05, 0.1) is 11.1 Å². The molecular formula is C16H15N3O2. The Bertz CT molecular complexity index is 886. The summed E-state index contributed by atoms with van der Waals surface area (Å²) in [6, 6.07) is 8.13. The molecule has 0 aliphatic heterocycles. The number of fused-ring (bicyclic) bond motifs is 1. The summed E-state index contributed by atoms with van der Waals surface area (Å²) in [7, 11) is 1.60. The third kappa shape index (κ3) is 2.38. The monoisotopic (exact) mass is 281 g/mol. The van der Waals surface area contributed by atoms with Crippen molar-refractivity contribution in [1.29, 1.82) is 0 Å². The lowest BCUT2D eigenvalue weighted by Crippen LogP contribution is -2.20. The molecule has 0 spiro atoms. The molecule has 0 aliphatic carbocycles. The fourth-order valence-corrected chi connectivity index (χ4v) is 2.24. The van der Waals surface area contributed by atoms with Crippen LogP contribution in [0.25, 0.3) is 23.1 Å². The average Bonchev–Trinajstić information content (AvgIpc) is 2.89.